The van der Waals surface area contributed by atoms with E-state index in [9.17, 15) is 5.11 Å². The summed E-state index contributed by atoms with van der Waals surface area (Å²) >= 11 is 0. The zero-order chi connectivity index (χ0) is 18.3. The van der Waals surface area contributed by atoms with E-state index in [1.807, 2.05) is 6.92 Å². The molecule has 0 bridgehead atoms. The molecule has 2 aliphatic carbocycles. The molecule has 24 heavy (non-hydrogen) atoms. The van der Waals surface area contributed by atoms with Crippen molar-refractivity contribution in [1.82, 2.24) is 0 Å². The van der Waals surface area contributed by atoms with E-state index in [0.717, 1.165) is 18.9 Å². The van der Waals surface area contributed by atoms with Crippen molar-refractivity contribution in [3.63, 3.8) is 0 Å². The first-order chi connectivity index (χ1) is 11.1. The molecule has 0 heterocycles. The molecule has 136 valence electrons. The Bertz CT molecular complexity index is 543. The van der Waals surface area contributed by atoms with Gasteiger partial charge in [-0.1, -0.05) is 13.8 Å². The van der Waals surface area contributed by atoms with Crippen molar-refractivity contribution in [3.05, 3.63) is 0 Å². The fourth-order valence-electron chi connectivity index (χ4n) is 4.29. The van der Waals surface area contributed by atoms with Gasteiger partial charge in [0.2, 0.25) is 6.35 Å². The fourth-order valence-corrected chi connectivity index (χ4v) is 11.8. The Morgan fingerprint density at radius 1 is 1.17 bits per heavy atom. The number of fused-ring (bicyclic) bond motifs is 1. The second kappa shape index (κ2) is 7.58. The van der Waals surface area contributed by atoms with Gasteiger partial charge in [-0.15, -0.1) is 0 Å². The molecule has 0 aromatic carbocycles. The van der Waals surface area contributed by atoms with Crippen molar-refractivity contribution < 1.29 is 9.84 Å². The lowest BCUT2D eigenvalue weighted by Gasteiger charge is -2.32. The summed E-state index contributed by atoms with van der Waals surface area (Å²) in [7, 11) is -0.782. The molecular formula is C19H36O2P3+3. The Morgan fingerprint density at radius 2 is 1.79 bits per heavy atom. The van der Waals surface area contributed by atoms with Crippen LogP contribution in [-0.2, 0) is 4.74 Å². The Labute approximate surface area is 151 Å². The minimum Gasteiger partial charge on any atom is -0.389 e. The van der Waals surface area contributed by atoms with Crippen LogP contribution in [0.3, 0.4) is 0 Å². The van der Waals surface area contributed by atoms with Gasteiger partial charge in [0, 0.05) is 5.92 Å². The van der Waals surface area contributed by atoms with Gasteiger partial charge < -0.3 is 9.84 Å². The lowest BCUT2D eigenvalue weighted by Crippen LogP contribution is -2.40. The second-order valence-corrected chi connectivity index (χ2v) is 15.2. The topological polar surface area (TPSA) is 29.5 Å². The third-order valence-corrected chi connectivity index (χ3v) is 14.4. The van der Waals surface area contributed by atoms with Crippen LogP contribution >= 0.6 is 22.6 Å². The minimum absolute atomic E-state index is 0.0815. The molecule has 6 unspecified atom stereocenters. The number of rotatable bonds is 9. The average molecular weight is 389 g/mol. The van der Waals surface area contributed by atoms with Crippen LogP contribution in [0.2, 0.25) is 0 Å². The molecule has 0 aromatic heterocycles. The Morgan fingerprint density at radius 3 is 2.25 bits per heavy atom. The highest BCUT2D eigenvalue weighted by molar-refractivity contribution is 7.75. The summed E-state index contributed by atoms with van der Waals surface area (Å²) < 4.78 is 6.51. The minimum atomic E-state index is -0.599. The second-order valence-electron chi connectivity index (χ2n) is 7.92. The van der Waals surface area contributed by atoms with Crippen molar-refractivity contribution in [2.75, 3.05) is 24.8 Å². The highest BCUT2D eigenvalue weighted by Gasteiger charge is 2.73. The highest BCUT2D eigenvalue weighted by Crippen LogP contribution is 2.68. The van der Waals surface area contributed by atoms with Crippen molar-refractivity contribution in [3.8, 4) is 0 Å². The van der Waals surface area contributed by atoms with Gasteiger partial charge in [0.25, 0.3) is 0 Å². The maximum Gasteiger partial charge on any atom is 0.302 e. The van der Waals surface area contributed by atoms with E-state index >= 15 is 0 Å². The van der Waals surface area contributed by atoms with E-state index in [4.69, 9.17) is 4.74 Å². The summed E-state index contributed by atoms with van der Waals surface area (Å²) in [5.41, 5.74) is -0.680. The lowest BCUT2D eigenvalue weighted by atomic mass is 9.82. The summed E-state index contributed by atoms with van der Waals surface area (Å²) in [5, 5.41) is 11.4. The molecule has 0 aliphatic heterocycles. The third kappa shape index (κ3) is 3.61. The van der Waals surface area contributed by atoms with E-state index in [2.05, 4.69) is 46.6 Å². The molecule has 0 spiro atoms. The van der Waals surface area contributed by atoms with E-state index in [-0.39, 0.29) is 26.6 Å². The smallest absolute Gasteiger partial charge is 0.302 e. The van der Waals surface area contributed by atoms with Crippen molar-refractivity contribution >= 4 is 41.5 Å². The summed E-state index contributed by atoms with van der Waals surface area (Å²) in [6, 6.07) is 0. The molecule has 0 radical (unpaired) electrons. The summed E-state index contributed by atoms with van der Waals surface area (Å²) in [6.45, 7) is 10.8. The molecular weight excluding hydrogens is 353 g/mol. The zero-order valence-corrected chi connectivity index (χ0v) is 18.8. The molecule has 2 saturated carbocycles. The van der Waals surface area contributed by atoms with Crippen LogP contribution in [0, 0.1) is 17.8 Å². The molecule has 2 fully saturated rings. The van der Waals surface area contributed by atoms with E-state index in [1.54, 1.807) is 0 Å². The van der Waals surface area contributed by atoms with Crippen LogP contribution in [-0.4, -0.2) is 65.4 Å². The summed E-state index contributed by atoms with van der Waals surface area (Å²) in [6.07, 6.45) is 18.8. The number of aliphatic hydroxyl groups is 1. The van der Waals surface area contributed by atoms with Crippen molar-refractivity contribution in [1.29, 1.82) is 0 Å². The molecule has 2 nitrogen and oxygen atoms in total. The first-order valence-corrected chi connectivity index (χ1v) is 14.6. The summed E-state index contributed by atoms with van der Waals surface area (Å²) in [5.74, 6) is 1.06. The Kier molecular flexibility index (Phi) is 6.55. The SMILES string of the molecule is C=[P+](CC)CC([P+](=C)CC)[P+](=C)COC12CC1[C@@H](C)[C@](C)(O)[C@@H]2C. The van der Waals surface area contributed by atoms with Crippen molar-refractivity contribution in [2.45, 2.75) is 57.6 Å². The van der Waals surface area contributed by atoms with E-state index < -0.39 is 13.1 Å². The Hall–Kier alpha value is 0.430. The molecule has 5 heteroatoms. The van der Waals surface area contributed by atoms with Gasteiger partial charge in [-0.3, -0.25) is 0 Å². The van der Waals surface area contributed by atoms with Gasteiger partial charge in [-0.25, -0.2) is 0 Å². The molecule has 9 atom stereocenters. The van der Waals surface area contributed by atoms with Crippen LogP contribution in [0.25, 0.3) is 0 Å². The van der Waals surface area contributed by atoms with Gasteiger partial charge >= 0.3 is 5.40 Å². The third-order valence-electron chi connectivity index (χ3n) is 6.76. The van der Waals surface area contributed by atoms with Crippen LogP contribution in [0.1, 0.15) is 41.0 Å². The maximum atomic E-state index is 10.7. The lowest BCUT2D eigenvalue weighted by molar-refractivity contribution is -0.0673. The van der Waals surface area contributed by atoms with E-state index in [0.29, 0.717) is 17.2 Å². The predicted octanol–water partition coefficient (Wildman–Crippen LogP) is 4.86. The molecule has 1 N–H and O–H groups in total. The first-order valence-electron chi connectivity index (χ1n) is 9.17. The van der Waals surface area contributed by atoms with Gasteiger partial charge in [-0.05, 0) is 39.0 Å². The van der Waals surface area contributed by atoms with Crippen LogP contribution < -0.4 is 0 Å². The van der Waals surface area contributed by atoms with Gasteiger partial charge in [0.05, 0.1) is 37.6 Å². The number of ether oxygens (including phenoxy) is 1. The maximum absolute atomic E-state index is 10.7. The summed E-state index contributed by atoms with van der Waals surface area (Å²) in [4.78, 5) is 0. The highest BCUT2D eigenvalue weighted by atomic mass is 31.2. The molecule has 0 aromatic rings. The molecule has 0 amide bonds. The first kappa shape index (κ1) is 20.7. The molecule has 2 rings (SSSR count). The van der Waals surface area contributed by atoms with Crippen LogP contribution in [0.4, 0.5) is 0 Å². The van der Waals surface area contributed by atoms with Crippen molar-refractivity contribution in [2.24, 2.45) is 17.8 Å². The monoisotopic (exact) mass is 389 g/mol. The van der Waals surface area contributed by atoms with Gasteiger partial charge in [0.15, 0.2) is 13.7 Å². The van der Waals surface area contributed by atoms with Gasteiger partial charge in [0.1, 0.15) is 19.9 Å². The zero-order valence-electron chi connectivity index (χ0n) is 16.2. The molecule has 2 aliphatic rings. The predicted molar refractivity (Wildman–Crippen MR) is 118 cm³/mol. The number of hydrogen-bond donors (Lipinski definition) is 1. The quantitative estimate of drug-likeness (QED) is 0.571. The van der Waals surface area contributed by atoms with E-state index in [1.165, 1.54) is 12.3 Å². The standard InChI is InChI=1S/C19H36O2P3/c1-9-22(6)12-17(23(7)10-2)24(8)13-21-19-11-16(19)14(3)18(5,20)15(19)4/h14-17,20H,6-13H2,1-5H3/q+3/t14-,15+,16?,17?,18+,19?/m1/s1. The van der Waals surface area contributed by atoms with Crippen LogP contribution in [0.5, 0.6) is 0 Å². The average Bonchev–Trinajstić information content (AvgIpc) is 3.27. The largest absolute Gasteiger partial charge is 0.389 e. The number of hydrogen-bond acceptors (Lipinski definition) is 2. The Balaban J connectivity index is 2.02. The van der Waals surface area contributed by atoms with Gasteiger partial charge in [-0.2, -0.15) is 0 Å². The fraction of sp³-hybridized carbons (Fsp3) is 0.842. The van der Waals surface area contributed by atoms with Crippen LogP contribution in [0.15, 0.2) is 0 Å². The molecule has 0 saturated heterocycles. The normalized spacial score (nSPS) is 40.8.